The van der Waals surface area contributed by atoms with Gasteiger partial charge in [-0.25, -0.2) is 0 Å². The van der Waals surface area contributed by atoms with Gasteiger partial charge in [-0.1, -0.05) is 20.8 Å². The topological polar surface area (TPSA) is 55.1 Å². The van der Waals surface area contributed by atoms with E-state index in [4.69, 9.17) is 5.73 Å². The number of hydrogen-bond acceptors (Lipinski definition) is 3. The molecule has 4 heteroatoms. The van der Waals surface area contributed by atoms with E-state index in [1.165, 1.54) is 10.4 Å². The van der Waals surface area contributed by atoms with Crippen LogP contribution >= 0.6 is 11.3 Å². The predicted molar refractivity (Wildman–Crippen MR) is 84.2 cm³/mol. The highest BCUT2D eigenvalue weighted by molar-refractivity contribution is 7.16. The lowest BCUT2D eigenvalue weighted by Gasteiger charge is -2.33. The number of carbonyl (C=O) groups is 1. The van der Waals surface area contributed by atoms with E-state index in [-0.39, 0.29) is 5.91 Å². The highest BCUT2D eigenvalue weighted by Gasteiger charge is 2.34. The molecule has 0 aromatic carbocycles. The van der Waals surface area contributed by atoms with Crippen LogP contribution in [-0.2, 0) is 12.8 Å². The van der Waals surface area contributed by atoms with Gasteiger partial charge in [0, 0.05) is 10.9 Å². The number of anilines is 1. The molecule has 1 amide bonds. The Labute approximate surface area is 124 Å². The molecule has 1 saturated carbocycles. The van der Waals surface area contributed by atoms with Crippen LogP contribution in [-0.4, -0.2) is 11.9 Å². The van der Waals surface area contributed by atoms with Crippen molar-refractivity contribution >= 4 is 22.2 Å². The fourth-order valence-electron chi connectivity index (χ4n) is 3.08. The molecule has 0 bridgehead atoms. The van der Waals surface area contributed by atoms with Crippen LogP contribution < -0.4 is 11.1 Å². The average Bonchev–Trinajstić information content (AvgIpc) is 3.07. The molecule has 3 nitrogen and oxygen atoms in total. The summed E-state index contributed by atoms with van der Waals surface area (Å²) in [6.07, 6.45) is 5.47. The van der Waals surface area contributed by atoms with Crippen LogP contribution in [0.2, 0.25) is 0 Å². The van der Waals surface area contributed by atoms with E-state index < -0.39 is 0 Å². The lowest BCUT2D eigenvalue weighted by atomic mass is 9.72. The van der Waals surface area contributed by atoms with Crippen molar-refractivity contribution in [2.75, 3.05) is 5.73 Å². The average molecular weight is 292 g/mol. The Bertz CT molecular complexity index is 537. The van der Waals surface area contributed by atoms with Crippen molar-refractivity contribution in [2.45, 2.75) is 58.9 Å². The molecule has 3 rings (SSSR count). The Kier molecular flexibility index (Phi) is 3.32. The third-order valence-corrected chi connectivity index (χ3v) is 5.74. The Hall–Kier alpha value is -1.03. The highest BCUT2D eigenvalue weighted by Crippen LogP contribution is 2.43. The number of nitrogens with two attached hydrogens (primary N) is 1. The molecular weight excluding hydrogens is 268 g/mol. The molecule has 2 aliphatic rings. The molecule has 1 heterocycles. The molecule has 0 saturated heterocycles. The molecule has 0 spiro atoms. The fourth-order valence-corrected chi connectivity index (χ4v) is 4.28. The molecule has 1 aromatic rings. The van der Waals surface area contributed by atoms with Crippen LogP contribution in [0.5, 0.6) is 0 Å². The number of rotatable bonds is 2. The van der Waals surface area contributed by atoms with Crippen molar-refractivity contribution in [2.24, 2.45) is 11.3 Å². The number of nitrogen functional groups attached to an aromatic ring is 1. The molecule has 1 aromatic heterocycles. The van der Waals surface area contributed by atoms with Gasteiger partial charge in [0.1, 0.15) is 0 Å². The molecule has 2 aliphatic carbocycles. The van der Waals surface area contributed by atoms with E-state index >= 15 is 0 Å². The maximum absolute atomic E-state index is 12.3. The maximum Gasteiger partial charge on any atom is 0.254 e. The van der Waals surface area contributed by atoms with Gasteiger partial charge < -0.3 is 11.1 Å². The molecule has 1 fully saturated rings. The van der Waals surface area contributed by atoms with Crippen LogP contribution in [0.4, 0.5) is 5.00 Å². The summed E-state index contributed by atoms with van der Waals surface area (Å²) in [5, 5.41) is 3.79. The van der Waals surface area contributed by atoms with Gasteiger partial charge in [0.15, 0.2) is 0 Å². The molecular formula is C16H24N2OS. The van der Waals surface area contributed by atoms with E-state index in [0.717, 1.165) is 37.7 Å². The van der Waals surface area contributed by atoms with Crippen molar-refractivity contribution < 1.29 is 4.79 Å². The lowest BCUT2D eigenvalue weighted by Crippen LogP contribution is -2.29. The van der Waals surface area contributed by atoms with Crippen molar-refractivity contribution in [1.82, 2.24) is 5.32 Å². The van der Waals surface area contributed by atoms with Crippen molar-refractivity contribution in [3.8, 4) is 0 Å². The smallest absolute Gasteiger partial charge is 0.254 e. The van der Waals surface area contributed by atoms with Crippen LogP contribution in [0.1, 0.15) is 60.8 Å². The van der Waals surface area contributed by atoms with E-state index in [1.54, 1.807) is 11.3 Å². The monoisotopic (exact) mass is 292 g/mol. The zero-order valence-electron chi connectivity index (χ0n) is 12.6. The van der Waals surface area contributed by atoms with Gasteiger partial charge in [-0.2, -0.15) is 0 Å². The van der Waals surface area contributed by atoms with E-state index in [2.05, 4.69) is 26.1 Å². The van der Waals surface area contributed by atoms with Crippen molar-refractivity contribution in [3.63, 3.8) is 0 Å². The predicted octanol–water partition coefficient (Wildman–Crippen LogP) is 3.37. The third-order valence-electron chi connectivity index (χ3n) is 4.66. The van der Waals surface area contributed by atoms with Gasteiger partial charge >= 0.3 is 0 Å². The number of amides is 1. The van der Waals surface area contributed by atoms with Gasteiger partial charge in [0.25, 0.3) is 5.91 Å². The second-order valence-electron chi connectivity index (χ2n) is 7.30. The molecule has 3 N–H and O–H groups in total. The quantitative estimate of drug-likeness (QED) is 0.878. The van der Waals surface area contributed by atoms with Crippen molar-refractivity contribution in [3.05, 3.63) is 16.0 Å². The highest BCUT2D eigenvalue weighted by atomic mass is 32.1. The van der Waals surface area contributed by atoms with Gasteiger partial charge in [-0.05, 0) is 49.0 Å². The minimum atomic E-state index is 0.0525. The third kappa shape index (κ3) is 2.58. The van der Waals surface area contributed by atoms with Crippen LogP contribution in [0.25, 0.3) is 0 Å². The SMILES string of the molecule is CC(C)(C)C1CCc2c(sc(N)c2C(=O)NC2CC2)C1. The molecule has 20 heavy (non-hydrogen) atoms. The molecule has 110 valence electrons. The summed E-state index contributed by atoms with van der Waals surface area (Å²) in [6, 6.07) is 0.392. The van der Waals surface area contributed by atoms with Crippen molar-refractivity contribution in [1.29, 1.82) is 0 Å². The van der Waals surface area contributed by atoms with Crippen LogP contribution in [0.15, 0.2) is 0 Å². The number of hydrogen-bond donors (Lipinski definition) is 2. The number of thiophene rings is 1. The number of nitrogens with one attached hydrogen (secondary N) is 1. The molecule has 0 aliphatic heterocycles. The van der Waals surface area contributed by atoms with Gasteiger partial charge in [-0.15, -0.1) is 11.3 Å². The van der Waals surface area contributed by atoms with Gasteiger partial charge in [0.05, 0.1) is 10.6 Å². The Morgan fingerprint density at radius 2 is 2.00 bits per heavy atom. The van der Waals surface area contributed by atoms with Gasteiger partial charge in [-0.3, -0.25) is 4.79 Å². The summed E-state index contributed by atoms with van der Waals surface area (Å²) in [6.45, 7) is 6.92. The second-order valence-corrected chi connectivity index (χ2v) is 8.43. The van der Waals surface area contributed by atoms with Crippen LogP contribution in [0, 0.1) is 11.3 Å². The van der Waals surface area contributed by atoms with Crippen LogP contribution in [0.3, 0.4) is 0 Å². The summed E-state index contributed by atoms with van der Waals surface area (Å²) in [4.78, 5) is 13.7. The Morgan fingerprint density at radius 3 is 2.60 bits per heavy atom. The van der Waals surface area contributed by atoms with Gasteiger partial charge in [0.2, 0.25) is 0 Å². The Balaban J connectivity index is 1.85. The first-order valence-corrected chi connectivity index (χ1v) is 8.38. The second kappa shape index (κ2) is 4.76. The van der Waals surface area contributed by atoms with E-state index in [1.807, 2.05) is 0 Å². The zero-order valence-corrected chi connectivity index (χ0v) is 13.4. The summed E-state index contributed by atoms with van der Waals surface area (Å²) in [5.74, 6) is 0.740. The fraction of sp³-hybridized carbons (Fsp3) is 0.688. The minimum Gasteiger partial charge on any atom is -0.390 e. The standard InChI is InChI=1S/C16H24N2OS/c1-16(2,3)9-4-7-11-12(8-9)20-14(17)13(11)15(19)18-10-5-6-10/h9-10H,4-8,17H2,1-3H3,(H,18,19). The summed E-state index contributed by atoms with van der Waals surface area (Å²) >= 11 is 1.63. The Morgan fingerprint density at radius 1 is 1.30 bits per heavy atom. The maximum atomic E-state index is 12.3. The number of carbonyl (C=O) groups excluding carboxylic acids is 1. The first kappa shape index (κ1) is 13.9. The lowest BCUT2D eigenvalue weighted by molar-refractivity contribution is 0.0951. The summed E-state index contributed by atoms with van der Waals surface area (Å²) in [7, 11) is 0. The zero-order chi connectivity index (χ0) is 14.5. The first-order chi connectivity index (χ1) is 9.36. The first-order valence-electron chi connectivity index (χ1n) is 7.57. The van der Waals surface area contributed by atoms with E-state index in [9.17, 15) is 4.79 Å². The summed E-state index contributed by atoms with van der Waals surface area (Å²) < 4.78 is 0. The minimum absolute atomic E-state index is 0.0525. The largest absolute Gasteiger partial charge is 0.390 e. The normalized spacial score (nSPS) is 22.4. The summed E-state index contributed by atoms with van der Waals surface area (Å²) in [5.41, 5.74) is 8.47. The molecule has 1 unspecified atom stereocenters. The van der Waals surface area contributed by atoms with E-state index in [0.29, 0.717) is 22.4 Å². The number of fused-ring (bicyclic) bond motifs is 1. The molecule has 0 radical (unpaired) electrons. The molecule has 1 atom stereocenters.